The predicted octanol–water partition coefficient (Wildman–Crippen LogP) is 0.783. The van der Waals surface area contributed by atoms with Crippen molar-refractivity contribution in [3.05, 3.63) is 24.3 Å². The van der Waals surface area contributed by atoms with E-state index >= 15 is 0 Å². The van der Waals surface area contributed by atoms with Crippen molar-refractivity contribution in [2.45, 2.75) is 38.3 Å². The van der Waals surface area contributed by atoms with E-state index in [1.54, 1.807) is 18.2 Å². The van der Waals surface area contributed by atoms with Gasteiger partial charge in [0, 0.05) is 0 Å². The average Bonchev–Trinajstić information content (AvgIpc) is 2.50. The summed E-state index contributed by atoms with van der Waals surface area (Å²) in [5, 5.41) is 0. The number of carbonyl (C=O) groups is 2. The molecule has 1 aromatic carbocycles. The molecule has 2 amide bonds. The molecule has 1 aliphatic heterocycles. The second-order valence-corrected chi connectivity index (χ2v) is 5.17. The van der Waals surface area contributed by atoms with Crippen molar-refractivity contribution >= 4 is 17.5 Å². The van der Waals surface area contributed by atoms with E-state index in [1.165, 1.54) is 4.90 Å². The highest BCUT2D eigenvalue weighted by Gasteiger charge is 2.34. The summed E-state index contributed by atoms with van der Waals surface area (Å²) < 4.78 is 5.53. The molecule has 6 heteroatoms. The van der Waals surface area contributed by atoms with Gasteiger partial charge in [0.25, 0.3) is 5.91 Å². The Labute approximate surface area is 124 Å². The molecule has 0 saturated carbocycles. The number of fused-ring (bicyclic) bond motifs is 1. The normalized spacial score (nSPS) is 18.6. The van der Waals surface area contributed by atoms with Gasteiger partial charge in [-0.2, -0.15) is 0 Å². The molecule has 0 spiro atoms. The third kappa shape index (κ3) is 3.33. The largest absolute Gasteiger partial charge is 0.477 e. The maximum absolute atomic E-state index is 12.5. The van der Waals surface area contributed by atoms with Gasteiger partial charge in [0.05, 0.1) is 18.3 Å². The van der Waals surface area contributed by atoms with Gasteiger partial charge < -0.3 is 21.1 Å². The minimum absolute atomic E-state index is 0.102. The van der Waals surface area contributed by atoms with Crippen molar-refractivity contribution in [1.29, 1.82) is 0 Å². The number of primary amides is 1. The molecular weight excluding hydrogens is 270 g/mol. The molecule has 114 valence electrons. The zero-order valence-electron chi connectivity index (χ0n) is 12.1. The Morgan fingerprint density at radius 1 is 1.43 bits per heavy atom. The fraction of sp³-hybridized carbons (Fsp3) is 0.467. The summed E-state index contributed by atoms with van der Waals surface area (Å²) in [6.07, 6.45) is 1.64. The predicted molar refractivity (Wildman–Crippen MR) is 79.9 cm³/mol. The van der Waals surface area contributed by atoms with Crippen LogP contribution in [0.2, 0.25) is 0 Å². The summed E-state index contributed by atoms with van der Waals surface area (Å²) in [7, 11) is 0. The molecule has 4 N–H and O–H groups in total. The summed E-state index contributed by atoms with van der Waals surface area (Å²) in [5.74, 6) is -0.321. The first kappa shape index (κ1) is 15.3. The van der Waals surface area contributed by atoms with Gasteiger partial charge in [-0.1, -0.05) is 31.9 Å². The van der Waals surface area contributed by atoms with Crippen LogP contribution in [0.4, 0.5) is 5.69 Å². The summed E-state index contributed by atoms with van der Waals surface area (Å²) >= 11 is 0. The maximum Gasteiger partial charge on any atom is 0.260 e. The number of carbonyl (C=O) groups excluding carboxylic acids is 2. The van der Waals surface area contributed by atoms with Crippen LogP contribution in [0.25, 0.3) is 0 Å². The van der Waals surface area contributed by atoms with E-state index in [2.05, 4.69) is 0 Å². The molecule has 1 aliphatic rings. The monoisotopic (exact) mass is 291 g/mol. The fourth-order valence-corrected chi connectivity index (χ4v) is 2.34. The van der Waals surface area contributed by atoms with Crippen molar-refractivity contribution in [1.82, 2.24) is 0 Å². The molecule has 1 heterocycles. The fourth-order valence-electron chi connectivity index (χ4n) is 2.34. The maximum atomic E-state index is 12.5. The zero-order valence-corrected chi connectivity index (χ0v) is 12.1. The average molecular weight is 291 g/mol. The Balaban J connectivity index is 2.24. The van der Waals surface area contributed by atoms with Crippen LogP contribution in [0, 0.1) is 0 Å². The lowest BCUT2D eigenvalue weighted by Crippen LogP contribution is -2.53. The van der Waals surface area contributed by atoms with Gasteiger partial charge in [-0.15, -0.1) is 0 Å². The third-order valence-corrected chi connectivity index (χ3v) is 3.54. The standard InChI is InChI=1S/C15H21N3O3/c1-2-3-6-10(16)15(20)18-9-13(14(17)19)21-12-8-5-4-7-11(12)18/h4-5,7-8,10,13H,2-3,6,9,16H2,1H3,(H2,17,19). The number of amides is 2. The van der Waals surface area contributed by atoms with E-state index in [9.17, 15) is 9.59 Å². The van der Waals surface area contributed by atoms with E-state index in [-0.39, 0.29) is 12.5 Å². The molecule has 2 rings (SSSR count). The first-order valence-electron chi connectivity index (χ1n) is 7.16. The van der Waals surface area contributed by atoms with Crippen LogP contribution in [0.1, 0.15) is 26.2 Å². The van der Waals surface area contributed by atoms with Gasteiger partial charge in [0.1, 0.15) is 5.75 Å². The highest BCUT2D eigenvalue weighted by atomic mass is 16.5. The van der Waals surface area contributed by atoms with Crippen LogP contribution in [-0.2, 0) is 9.59 Å². The number of nitrogens with two attached hydrogens (primary N) is 2. The van der Waals surface area contributed by atoms with Crippen LogP contribution in [0.15, 0.2) is 24.3 Å². The lowest BCUT2D eigenvalue weighted by Gasteiger charge is -2.34. The number of hydrogen-bond acceptors (Lipinski definition) is 4. The number of benzene rings is 1. The van der Waals surface area contributed by atoms with Gasteiger partial charge in [-0.25, -0.2) is 0 Å². The van der Waals surface area contributed by atoms with Crippen LogP contribution in [0.5, 0.6) is 5.75 Å². The van der Waals surface area contributed by atoms with E-state index in [0.717, 1.165) is 12.8 Å². The Hall–Kier alpha value is -2.08. The first-order valence-corrected chi connectivity index (χ1v) is 7.16. The van der Waals surface area contributed by atoms with Crippen molar-refractivity contribution < 1.29 is 14.3 Å². The highest BCUT2D eigenvalue weighted by Crippen LogP contribution is 2.33. The number of unbranched alkanes of at least 4 members (excludes halogenated alkanes) is 1. The Bertz CT molecular complexity index is 533. The lowest BCUT2D eigenvalue weighted by molar-refractivity contribution is -0.125. The van der Waals surface area contributed by atoms with Crippen molar-refractivity contribution in [3.63, 3.8) is 0 Å². The molecule has 0 bridgehead atoms. The number of hydrogen-bond donors (Lipinski definition) is 2. The lowest BCUT2D eigenvalue weighted by atomic mass is 10.1. The second kappa shape index (κ2) is 6.58. The Morgan fingerprint density at radius 2 is 2.14 bits per heavy atom. The molecule has 0 radical (unpaired) electrons. The van der Waals surface area contributed by atoms with Gasteiger partial charge in [0.15, 0.2) is 6.10 Å². The molecular formula is C15H21N3O3. The molecule has 21 heavy (non-hydrogen) atoms. The smallest absolute Gasteiger partial charge is 0.260 e. The molecule has 6 nitrogen and oxygen atoms in total. The van der Waals surface area contributed by atoms with Gasteiger partial charge in [0.2, 0.25) is 5.91 Å². The molecule has 0 saturated heterocycles. The van der Waals surface area contributed by atoms with Crippen LogP contribution < -0.4 is 21.1 Å². The molecule has 2 atom stereocenters. The Morgan fingerprint density at radius 3 is 2.81 bits per heavy atom. The number of para-hydroxylation sites is 2. The molecule has 2 unspecified atom stereocenters. The molecule has 0 aliphatic carbocycles. The van der Waals surface area contributed by atoms with Crippen molar-refractivity contribution in [3.8, 4) is 5.75 Å². The van der Waals surface area contributed by atoms with E-state index in [0.29, 0.717) is 17.9 Å². The quantitative estimate of drug-likeness (QED) is 0.837. The topological polar surface area (TPSA) is 98.7 Å². The van der Waals surface area contributed by atoms with Crippen LogP contribution in [-0.4, -0.2) is 30.5 Å². The minimum atomic E-state index is -0.845. The summed E-state index contributed by atoms with van der Waals surface area (Å²) in [4.78, 5) is 25.4. The highest BCUT2D eigenvalue weighted by molar-refractivity contribution is 6.00. The molecule has 1 aromatic rings. The number of anilines is 1. The first-order chi connectivity index (χ1) is 10.0. The molecule has 0 aromatic heterocycles. The number of ether oxygens (including phenoxy) is 1. The third-order valence-electron chi connectivity index (χ3n) is 3.54. The van der Waals surface area contributed by atoms with E-state index in [1.807, 2.05) is 13.0 Å². The van der Waals surface area contributed by atoms with Crippen LogP contribution in [0.3, 0.4) is 0 Å². The SMILES string of the molecule is CCCCC(N)C(=O)N1CC(C(N)=O)Oc2ccccc21. The summed E-state index contributed by atoms with van der Waals surface area (Å²) in [6.45, 7) is 2.15. The zero-order chi connectivity index (χ0) is 15.4. The van der Waals surface area contributed by atoms with Gasteiger partial charge in [-0.3, -0.25) is 9.59 Å². The second-order valence-electron chi connectivity index (χ2n) is 5.17. The van der Waals surface area contributed by atoms with Crippen LogP contribution >= 0.6 is 0 Å². The summed E-state index contributed by atoms with van der Waals surface area (Å²) in [5.41, 5.74) is 11.9. The van der Waals surface area contributed by atoms with Gasteiger partial charge in [-0.05, 0) is 18.6 Å². The van der Waals surface area contributed by atoms with E-state index < -0.39 is 18.1 Å². The van der Waals surface area contributed by atoms with Crippen molar-refractivity contribution in [2.24, 2.45) is 11.5 Å². The minimum Gasteiger partial charge on any atom is -0.477 e. The van der Waals surface area contributed by atoms with E-state index in [4.69, 9.17) is 16.2 Å². The number of nitrogens with zero attached hydrogens (tertiary/aromatic N) is 1. The van der Waals surface area contributed by atoms with Crippen molar-refractivity contribution in [2.75, 3.05) is 11.4 Å². The Kier molecular flexibility index (Phi) is 4.80. The summed E-state index contributed by atoms with van der Waals surface area (Å²) in [6, 6.07) is 6.50. The molecule has 0 fully saturated rings. The number of rotatable bonds is 5. The van der Waals surface area contributed by atoms with Gasteiger partial charge >= 0.3 is 0 Å².